The Morgan fingerprint density at radius 2 is 1.96 bits per heavy atom. The van der Waals surface area contributed by atoms with E-state index in [1.54, 1.807) is 24.3 Å². The summed E-state index contributed by atoms with van der Waals surface area (Å²) >= 11 is 5.83. The summed E-state index contributed by atoms with van der Waals surface area (Å²) in [6.45, 7) is 3.58. The van der Waals surface area contributed by atoms with Crippen molar-refractivity contribution < 1.29 is 9.90 Å². The molecule has 0 fully saturated rings. The van der Waals surface area contributed by atoms with Gasteiger partial charge < -0.3 is 5.11 Å². The van der Waals surface area contributed by atoms with Crippen LogP contribution >= 0.6 is 11.6 Å². The number of aromatic hydroxyl groups is 1. The SMILES string of the molecule is CCCn1c(O)c(C(=O)Cc2ccc(Cl)cc2)c(C)c(C#N)c1=O. The monoisotopic (exact) mass is 344 g/mol. The maximum Gasteiger partial charge on any atom is 0.271 e. The van der Waals surface area contributed by atoms with Crippen LogP contribution in [-0.4, -0.2) is 15.5 Å². The minimum Gasteiger partial charge on any atom is -0.494 e. The van der Waals surface area contributed by atoms with Crippen molar-refractivity contribution in [2.24, 2.45) is 0 Å². The largest absolute Gasteiger partial charge is 0.494 e. The highest BCUT2D eigenvalue weighted by atomic mass is 35.5. The molecule has 2 aromatic rings. The van der Waals surface area contributed by atoms with Gasteiger partial charge in [-0.25, -0.2) is 0 Å². The van der Waals surface area contributed by atoms with E-state index in [1.165, 1.54) is 6.92 Å². The van der Waals surface area contributed by atoms with E-state index in [4.69, 9.17) is 11.6 Å². The van der Waals surface area contributed by atoms with Crippen LogP contribution < -0.4 is 5.56 Å². The van der Waals surface area contributed by atoms with Gasteiger partial charge in [0.1, 0.15) is 11.6 Å². The molecule has 1 N–H and O–H groups in total. The molecule has 0 bridgehead atoms. The summed E-state index contributed by atoms with van der Waals surface area (Å²) in [5.74, 6) is -0.731. The Kier molecular flexibility index (Phi) is 5.42. The number of nitrogens with zero attached hydrogens (tertiary/aromatic N) is 2. The van der Waals surface area contributed by atoms with Gasteiger partial charge in [0.2, 0.25) is 5.88 Å². The predicted octanol–water partition coefficient (Wildman–Crippen LogP) is 3.22. The molecule has 1 aromatic heterocycles. The molecule has 124 valence electrons. The Morgan fingerprint density at radius 1 is 1.33 bits per heavy atom. The fourth-order valence-electron chi connectivity index (χ4n) is 2.59. The molecule has 0 aliphatic heterocycles. The number of aromatic nitrogens is 1. The first kappa shape index (κ1) is 17.8. The number of Topliss-reactive ketones (excluding diaryl/α,β-unsaturated/α-hetero) is 1. The molecule has 1 aromatic carbocycles. The van der Waals surface area contributed by atoms with Gasteiger partial charge >= 0.3 is 0 Å². The Bertz CT molecular complexity index is 877. The van der Waals surface area contributed by atoms with E-state index in [0.29, 0.717) is 11.4 Å². The fraction of sp³-hybridized carbons (Fsp3) is 0.278. The third-order valence-corrected chi connectivity index (χ3v) is 4.06. The molecular weight excluding hydrogens is 328 g/mol. The van der Waals surface area contributed by atoms with Crippen LogP contribution in [0.5, 0.6) is 5.88 Å². The Labute approximate surface area is 144 Å². The van der Waals surface area contributed by atoms with Crippen LogP contribution in [0.2, 0.25) is 5.02 Å². The molecule has 24 heavy (non-hydrogen) atoms. The van der Waals surface area contributed by atoms with Crippen LogP contribution in [0.3, 0.4) is 0 Å². The second kappa shape index (κ2) is 7.33. The van der Waals surface area contributed by atoms with E-state index < -0.39 is 5.56 Å². The summed E-state index contributed by atoms with van der Waals surface area (Å²) in [5.41, 5.74) is 0.286. The number of hydrogen-bond acceptors (Lipinski definition) is 4. The highest BCUT2D eigenvalue weighted by molar-refractivity contribution is 6.30. The van der Waals surface area contributed by atoms with Crippen LogP contribution in [0.1, 0.15) is 40.4 Å². The molecule has 0 aliphatic rings. The van der Waals surface area contributed by atoms with Crippen molar-refractivity contribution in [2.45, 2.75) is 33.2 Å². The minimum atomic E-state index is -0.572. The topological polar surface area (TPSA) is 83.1 Å². The number of rotatable bonds is 5. The van der Waals surface area contributed by atoms with Gasteiger partial charge in [-0.3, -0.25) is 14.2 Å². The van der Waals surface area contributed by atoms with Gasteiger partial charge in [-0.2, -0.15) is 5.26 Å². The zero-order chi connectivity index (χ0) is 17.9. The number of carbonyl (C=O) groups excluding carboxylic acids is 1. The van der Waals surface area contributed by atoms with Crippen molar-refractivity contribution in [2.75, 3.05) is 0 Å². The molecule has 0 spiro atoms. The van der Waals surface area contributed by atoms with Crippen molar-refractivity contribution in [3.8, 4) is 11.9 Å². The number of benzene rings is 1. The third kappa shape index (κ3) is 3.34. The van der Waals surface area contributed by atoms with Crippen molar-refractivity contribution in [1.82, 2.24) is 4.57 Å². The maximum atomic E-state index is 12.7. The zero-order valence-corrected chi connectivity index (χ0v) is 14.2. The summed E-state index contributed by atoms with van der Waals surface area (Å²) < 4.78 is 1.08. The van der Waals surface area contributed by atoms with E-state index in [-0.39, 0.29) is 41.3 Å². The molecule has 2 rings (SSSR count). The van der Waals surface area contributed by atoms with Crippen molar-refractivity contribution in [3.05, 3.63) is 61.9 Å². The van der Waals surface area contributed by atoms with E-state index in [1.807, 2.05) is 13.0 Å². The van der Waals surface area contributed by atoms with Gasteiger partial charge in [0.25, 0.3) is 5.56 Å². The van der Waals surface area contributed by atoms with Gasteiger partial charge in [-0.1, -0.05) is 30.7 Å². The summed E-state index contributed by atoms with van der Waals surface area (Å²) in [6, 6.07) is 8.64. The number of pyridine rings is 1. The Hall–Kier alpha value is -2.58. The standard InChI is InChI=1S/C18H17ClN2O3/c1-3-8-21-17(23)14(10-20)11(2)16(18(21)24)15(22)9-12-4-6-13(19)7-5-12/h4-7,24H,3,8-9H2,1-2H3. The van der Waals surface area contributed by atoms with E-state index in [9.17, 15) is 20.0 Å². The number of nitriles is 1. The quantitative estimate of drug-likeness (QED) is 0.844. The minimum absolute atomic E-state index is 0.0227. The van der Waals surface area contributed by atoms with Crippen LogP contribution in [0.4, 0.5) is 0 Å². The van der Waals surface area contributed by atoms with E-state index >= 15 is 0 Å². The molecule has 0 unspecified atom stereocenters. The fourth-order valence-corrected chi connectivity index (χ4v) is 2.72. The molecule has 6 heteroatoms. The third-order valence-electron chi connectivity index (χ3n) is 3.80. The van der Waals surface area contributed by atoms with Crippen molar-refractivity contribution in [3.63, 3.8) is 0 Å². The molecule has 0 radical (unpaired) electrons. The molecular formula is C18H17ClN2O3. The van der Waals surface area contributed by atoms with Gasteiger partial charge in [0.15, 0.2) is 5.78 Å². The van der Waals surface area contributed by atoms with Gasteiger partial charge in [0.05, 0.1) is 5.56 Å². The van der Waals surface area contributed by atoms with E-state index in [2.05, 4.69) is 0 Å². The number of ketones is 1. The number of carbonyl (C=O) groups is 1. The summed E-state index contributed by atoms with van der Waals surface area (Å²) in [5, 5.41) is 20.2. The van der Waals surface area contributed by atoms with Crippen LogP contribution in [-0.2, 0) is 13.0 Å². The molecule has 0 saturated carbocycles. The summed E-state index contributed by atoms with van der Waals surface area (Å²) in [7, 11) is 0. The molecule has 0 amide bonds. The molecule has 0 aliphatic carbocycles. The van der Waals surface area contributed by atoms with Gasteiger partial charge in [-0.05, 0) is 36.6 Å². The predicted molar refractivity (Wildman–Crippen MR) is 91.6 cm³/mol. The molecule has 1 heterocycles. The van der Waals surface area contributed by atoms with Crippen LogP contribution in [0.25, 0.3) is 0 Å². The number of halogens is 1. The molecule has 0 saturated heterocycles. The highest BCUT2D eigenvalue weighted by Gasteiger charge is 2.23. The highest BCUT2D eigenvalue weighted by Crippen LogP contribution is 2.24. The van der Waals surface area contributed by atoms with Crippen LogP contribution in [0.15, 0.2) is 29.1 Å². The van der Waals surface area contributed by atoms with Crippen LogP contribution in [0, 0.1) is 18.3 Å². The second-order valence-electron chi connectivity index (χ2n) is 5.49. The van der Waals surface area contributed by atoms with Crippen molar-refractivity contribution in [1.29, 1.82) is 5.26 Å². The molecule has 5 nitrogen and oxygen atoms in total. The Balaban J connectivity index is 2.54. The lowest BCUT2D eigenvalue weighted by Crippen LogP contribution is -2.26. The first-order valence-electron chi connectivity index (χ1n) is 7.54. The first-order chi connectivity index (χ1) is 11.4. The maximum absolute atomic E-state index is 12.7. The lowest BCUT2D eigenvalue weighted by molar-refractivity contribution is 0.0988. The van der Waals surface area contributed by atoms with Gasteiger partial charge in [0, 0.05) is 18.0 Å². The zero-order valence-electron chi connectivity index (χ0n) is 13.5. The summed E-state index contributed by atoms with van der Waals surface area (Å²) in [4.78, 5) is 24.9. The normalized spacial score (nSPS) is 10.4. The Morgan fingerprint density at radius 3 is 2.50 bits per heavy atom. The lowest BCUT2D eigenvalue weighted by atomic mass is 9.97. The smallest absolute Gasteiger partial charge is 0.271 e. The lowest BCUT2D eigenvalue weighted by Gasteiger charge is -2.15. The molecule has 0 atom stereocenters. The second-order valence-corrected chi connectivity index (χ2v) is 5.93. The van der Waals surface area contributed by atoms with E-state index in [0.717, 1.165) is 10.1 Å². The number of hydrogen-bond donors (Lipinski definition) is 1. The van der Waals surface area contributed by atoms with Crippen molar-refractivity contribution >= 4 is 17.4 Å². The average Bonchev–Trinajstić information content (AvgIpc) is 2.54. The average molecular weight is 345 g/mol. The summed E-state index contributed by atoms with van der Waals surface area (Å²) in [6.07, 6.45) is 0.632. The van der Waals surface area contributed by atoms with Gasteiger partial charge in [-0.15, -0.1) is 0 Å². The first-order valence-corrected chi connectivity index (χ1v) is 7.92.